The lowest BCUT2D eigenvalue weighted by molar-refractivity contribution is 0.103. The second kappa shape index (κ2) is 9.33. The van der Waals surface area contributed by atoms with Crippen molar-refractivity contribution in [3.05, 3.63) is 111 Å². The minimum atomic E-state index is -0.272. The van der Waals surface area contributed by atoms with Gasteiger partial charge in [-0.2, -0.15) is 0 Å². The molecule has 31 heavy (non-hydrogen) atoms. The average molecular weight is 428 g/mol. The highest BCUT2D eigenvalue weighted by molar-refractivity contribution is 7.14. The molecule has 0 spiro atoms. The number of anilines is 1. The number of rotatable bonds is 4. The van der Waals surface area contributed by atoms with E-state index in [0.717, 1.165) is 16.1 Å². The quantitative estimate of drug-likeness (QED) is 0.454. The Balaban J connectivity index is 1.47. The molecule has 0 aliphatic heterocycles. The molecular weight excluding hydrogens is 409 g/mol. The van der Waals surface area contributed by atoms with Crippen LogP contribution in [-0.2, 0) is 6.42 Å². The highest BCUT2D eigenvalue weighted by Gasteiger charge is 2.16. The van der Waals surface area contributed by atoms with E-state index in [9.17, 15) is 9.18 Å². The number of hydrogen-bond donors (Lipinski definition) is 1. The summed E-state index contributed by atoms with van der Waals surface area (Å²) in [5, 5.41) is 3.73. The first-order chi connectivity index (χ1) is 15.1. The molecule has 2 heterocycles. The summed E-state index contributed by atoms with van der Waals surface area (Å²) < 4.78 is 13.1. The third-order valence-corrected chi connectivity index (χ3v) is 5.59. The van der Waals surface area contributed by atoms with E-state index in [1.807, 2.05) is 49.4 Å². The molecule has 4 rings (SSSR count). The van der Waals surface area contributed by atoms with E-state index in [2.05, 4.69) is 27.1 Å². The Labute approximate surface area is 183 Å². The Morgan fingerprint density at radius 1 is 1.06 bits per heavy atom. The number of pyridine rings is 1. The standard InChI is InChI=1S/C25H18FN3OS/c1-17-24(31-23(28-17)16-19-8-11-20(26)12-9-19)25(30)29-22-7-4-5-18(15-22)10-13-21-6-2-3-14-27-21/h2-9,11-12,14-15H,16H2,1H3,(H,29,30). The number of thiazole rings is 1. The molecule has 0 aliphatic carbocycles. The van der Waals surface area contributed by atoms with Crippen LogP contribution in [0.1, 0.15) is 37.2 Å². The van der Waals surface area contributed by atoms with Crippen LogP contribution in [0.4, 0.5) is 10.1 Å². The molecule has 0 saturated carbocycles. The first kappa shape index (κ1) is 20.5. The van der Waals surface area contributed by atoms with Crippen molar-refractivity contribution in [3.8, 4) is 11.8 Å². The first-order valence-electron chi connectivity index (χ1n) is 9.62. The molecule has 1 N–H and O–H groups in total. The largest absolute Gasteiger partial charge is 0.321 e. The van der Waals surface area contributed by atoms with Gasteiger partial charge in [-0.1, -0.05) is 30.2 Å². The number of halogens is 1. The fourth-order valence-electron chi connectivity index (χ4n) is 2.95. The number of carbonyl (C=O) groups is 1. The van der Waals surface area contributed by atoms with Gasteiger partial charge in [0.25, 0.3) is 5.91 Å². The Hall–Kier alpha value is -3.82. The zero-order valence-corrected chi connectivity index (χ0v) is 17.5. The van der Waals surface area contributed by atoms with Crippen molar-refractivity contribution < 1.29 is 9.18 Å². The lowest BCUT2D eigenvalue weighted by Gasteiger charge is -2.04. The predicted molar refractivity (Wildman–Crippen MR) is 121 cm³/mol. The van der Waals surface area contributed by atoms with Gasteiger partial charge in [-0.15, -0.1) is 11.3 Å². The maximum Gasteiger partial charge on any atom is 0.267 e. The van der Waals surface area contributed by atoms with Crippen LogP contribution in [0.3, 0.4) is 0 Å². The van der Waals surface area contributed by atoms with E-state index >= 15 is 0 Å². The summed E-state index contributed by atoms with van der Waals surface area (Å²) in [5.41, 5.74) is 3.74. The zero-order valence-electron chi connectivity index (χ0n) is 16.7. The van der Waals surface area contributed by atoms with Gasteiger partial charge in [0.15, 0.2) is 0 Å². The van der Waals surface area contributed by atoms with E-state index in [-0.39, 0.29) is 11.7 Å². The van der Waals surface area contributed by atoms with E-state index in [4.69, 9.17) is 0 Å². The predicted octanol–water partition coefficient (Wildman–Crippen LogP) is 5.23. The summed E-state index contributed by atoms with van der Waals surface area (Å²) in [6.45, 7) is 1.81. The van der Waals surface area contributed by atoms with E-state index in [0.29, 0.717) is 28.4 Å². The minimum Gasteiger partial charge on any atom is -0.321 e. The third kappa shape index (κ3) is 5.41. The smallest absolute Gasteiger partial charge is 0.267 e. The summed E-state index contributed by atoms with van der Waals surface area (Å²) in [7, 11) is 0. The number of benzene rings is 2. The number of nitrogens with zero attached hydrogens (tertiary/aromatic N) is 2. The van der Waals surface area contributed by atoms with Crippen LogP contribution in [0.25, 0.3) is 0 Å². The van der Waals surface area contributed by atoms with Crippen molar-refractivity contribution in [2.75, 3.05) is 5.32 Å². The Bertz CT molecular complexity index is 1270. The third-order valence-electron chi connectivity index (χ3n) is 4.44. The van der Waals surface area contributed by atoms with Gasteiger partial charge in [0.05, 0.1) is 10.7 Å². The molecule has 0 unspecified atom stereocenters. The number of hydrogen-bond acceptors (Lipinski definition) is 4. The average Bonchev–Trinajstić information content (AvgIpc) is 3.15. The second-order valence-corrected chi connectivity index (χ2v) is 7.91. The highest BCUT2D eigenvalue weighted by atomic mass is 32.1. The molecule has 0 saturated heterocycles. The molecule has 0 atom stereocenters. The summed E-state index contributed by atoms with van der Waals surface area (Å²) in [4.78, 5) is 22.0. The Morgan fingerprint density at radius 2 is 1.90 bits per heavy atom. The lowest BCUT2D eigenvalue weighted by atomic mass is 10.1. The molecule has 4 aromatic rings. The molecule has 1 amide bonds. The van der Waals surface area contributed by atoms with Crippen LogP contribution < -0.4 is 5.32 Å². The summed E-state index contributed by atoms with van der Waals surface area (Å²) >= 11 is 1.34. The van der Waals surface area contributed by atoms with Crippen molar-refractivity contribution in [2.24, 2.45) is 0 Å². The van der Waals surface area contributed by atoms with Crippen molar-refractivity contribution in [1.82, 2.24) is 9.97 Å². The van der Waals surface area contributed by atoms with Crippen molar-refractivity contribution in [2.45, 2.75) is 13.3 Å². The van der Waals surface area contributed by atoms with Crippen LogP contribution in [0.15, 0.2) is 72.9 Å². The molecule has 0 aliphatic rings. The summed E-state index contributed by atoms with van der Waals surface area (Å²) in [6.07, 6.45) is 2.25. The van der Waals surface area contributed by atoms with Crippen LogP contribution in [0, 0.1) is 24.6 Å². The number of carbonyl (C=O) groups excluding carboxylic acids is 1. The van der Waals surface area contributed by atoms with Crippen molar-refractivity contribution >= 4 is 22.9 Å². The number of aromatic nitrogens is 2. The van der Waals surface area contributed by atoms with Gasteiger partial charge in [-0.05, 0) is 60.9 Å². The number of aryl methyl sites for hydroxylation is 1. The van der Waals surface area contributed by atoms with Crippen LogP contribution in [-0.4, -0.2) is 15.9 Å². The minimum absolute atomic E-state index is 0.213. The van der Waals surface area contributed by atoms with Crippen LogP contribution in [0.2, 0.25) is 0 Å². The maximum absolute atomic E-state index is 13.1. The van der Waals surface area contributed by atoms with Gasteiger partial charge in [-0.25, -0.2) is 14.4 Å². The van der Waals surface area contributed by atoms with Gasteiger partial charge in [0.1, 0.15) is 16.4 Å². The molecule has 2 aromatic heterocycles. The second-order valence-electron chi connectivity index (χ2n) is 6.83. The van der Waals surface area contributed by atoms with Crippen LogP contribution in [0.5, 0.6) is 0 Å². The molecule has 0 fully saturated rings. The first-order valence-corrected chi connectivity index (χ1v) is 10.4. The van der Waals surface area contributed by atoms with Gasteiger partial charge in [-0.3, -0.25) is 4.79 Å². The molecule has 4 nitrogen and oxygen atoms in total. The molecule has 2 aromatic carbocycles. The Morgan fingerprint density at radius 3 is 2.68 bits per heavy atom. The molecule has 6 heteroatoms. The molecule has 0 radical (unpaired) electrons. The number of nitrogens with one attached hydrogen (secondary N) is 1. The molecule has 0 bridgehead atoms. The molecular formula is C25H18FN3OS. The molecule has 152 valence electrons. The number of amides is 1. The SMILES string of the molecule is Cc1nc(Cc2ccc(F)cc2)sc1C(=O)Nc1cccc(C#Cc2ccccn2)c1. The van der Waals surface area contributed by atoms with Gasteiger partial charge in [0, 0.05) is 23.9 Å². The fraction of sp³-hybridized carbons (Fsp3) is 0.0800. The highest BCUT2D eigenvalue weighted by Crippen LogP contribution is 2.22. The van der Waals surface area contributed by atoms with Gasteiger partial charge < -0.3 is 5.32 Å². The van der Waals surface area contributed by atoms with Crippen molar-refractivity contribution in [1.29, 1.82) is 0 Å². The zero-order chi connectivity index (χ0) is 21.6. The summed E-state index contributed by atoms with van der Waals surface area (Å²) in [6, 6.07) is 19.2. The van der Waals surface area contributed by atoms with Crippen LogP contribution >= 0.6 is 11.3 Å². The van der Waals surface area contributed by atoms with Gasteiger partial charge >= 0.3 is 0 Å². The normalized spacial score (nSPS) is 10.3. The topological polar surface area (TPSA) is 54.9 Å². The fourth-order valence-corrected chi connectivity index (χ4v) is 3.95. The maximum atomic E-state index is 13.1. The summed E-state index contributed by atoms with van der Waals surface area (Å²) in [5.74, 6) is 5.58. The lowest BCUT2D eigenvalue weighted by Crippen LogP contribution is -2.11. The van der Waals surface area contributed by atoms with Crippen molar-refractivity contribution in [3.63, 3.8) is 0 Å². The van der Waals surface area contributed by atoms with E-state index in [1.54, 1.807) is 18.3 Å². The van der Waals surface area contributed by atoms with Gasteiger partial charge in [0.2, 0.25) is 0 Å². The Kier molecular flexibility index (Phi) is 6.16. The van der Waals surface area contributed by atoms with E-state index < -0.39 is 0 Å². The van der Waals surface area contributed by atoms with E-state index in [1.165, 1.54) is 23.5 Å². The monoisotopic (exact) mass is 427 g/mol.